The van der Waals surface area contributed by atoms with E-state index in [-0.39, 0.29) is 32.2 Å². The average molecular weight is 417 g/mol. The molecule has 142 valence electrons. The number of halogens is 3. The first kappa shape index (κ1) is 19.1. The van der Waals surface area contributed by atoms with Gasteiger partial charge in [0, 0.05) is 11.6 Å². The number of fused-ring (bicyclic) bond motifs is 1. The second-order valence-electron chi connectivity index (χ2n) is 5.04. The summed E-state index contributed by atoms with van der Waals surface area (Å²) < 4.78 is 55.0. The topological polar surface area (TPSA) is 74.7 Å². The number of pyridine rings is 1. The Hall–Kier alpha value is -2.66. The number of methoxy groups -OCH3 is 2. The molecule has 0 fully saturated rings. The molecular weight excluding hydrogens is 407 g/mol. The van der Waals surface area contributed by atoms with Crippen LogP contribution in [0.4, 0.5) is 13.2 Å². The van der Waals surface area contributed by atoms with Gasteiger partial charge in [0.15, 0.2) is 10.6 Å². The monoisotopic (exact) mass is 417 g/mol. The molecule has 0 aliphatic heterocycles. The largest absolute Gasteiger partial charge is 0.465 e. The number of hydrogen-bond donors (Lipinski definition) is 0. The molecule has 3 aromatic heterocycles. The second kappa shape index (κ2) is 7.16. The molecule has 6 nitrogen and oxygen atoms in total. The van der Waals surface area contributed by atoms with E-state index in [1.165, 1.54) is 13.2 Å². The summed E-state index contributed by atoms with van der Waals surface area (Å²) in [5.41, 5.74) is -0.201. The first-order chi connectivity index (χ1) is 12.8. The molecule has 0 atom stereocenters. The first-order valence-electron chi connectivity index (χ1n) is 7.18. The van der Waals surface area contributed by atoms with E-state index >= 15 is 0 Å². The van der Waals surface area contributed by atoms with Crippen LogP contribution in [-0.2, 0) is 15.7 Å². The predicted molar refractivity (Wildman–Crippen MR) is 91.7 cm³/mol. The summed E-state index contributed by atoms with van der Waals surface area (Å²) in [7, 11) is 2.30. The molecule has 0 unspecified atom stereocenters. The zero-order valence-electron chi connectivity index (χ0n) is 13.7. The molecule has 3 rings (SSSR count). The number of carbonyl (C=O) groups is 2. The highest BCUT2D eigenvalue weighted by Gasteiger charge is 2.37. The normalized spacial score (nSPS) is 11.4. The lowest BCUT2D eigenvalue weighted by Gasteiger charge is -2.04. The van der Waals surface area contributed by atoms with Gasteiger partial charge in [-0.25, -0.2) is 9.59 Å². The van der Waals surface area contributed by atoms with Gasteiger partial charge in [-0.05, 0) is 17.5 Å². The van der Waals surface area contributed by atoms with Crippen LogP contribution in [-0.4, -0.2) is 31.1 Å². The van der Waals surface area contributed by atoms with E-state index in [0.717, 1.165) is 30.7 Å². The SMILES string of the molecule is COC(=O)c1cnc2c(Oc3ccsc3C(=O)OC)sc(C(F)(F)F)c2c1. The van der Waals surface area contributed by atoms with E-state index < -0.39 is 23.0 Å². The molecule has 0 spiro atoms. The van der Waals surface area contributed by atoms with Crippen molar-refractivity contribution in [1.29, 1.82) is 0 Å². The van der Waals surface area contributed by atoms with Gasteiger partial charge in [-0.3, -0.25) is 4.98 Å². The van der Waals surface area contributed by atoms with Gasteiger partial charge in [0.05, 0.1) is 19.8 Å². The number of nitrogens with zero attached hydrogens (tertiary/aromatic N) is 1. The molecule has 0 saturated heterocycles. The summed E-state index contributed by atoms with van der Waals surface area (Å²) in [6.07, 6.45) is -3.58. The fraction of sp³-hybridized carbons (Fsp3) is 0.188. The van der Waals surface area contributed by atoms with Crippen molar-refractivity contribution >= 4 is 45.5 Å². The maximum absolute atomic E-state index is 13.4. The van der Waals surface area contributed by atoms with Crippen LogP contribution in [0.3, 0.4) is 0 Å². The minimum atomic E-state index is -4.68. The van der Waals surface area contributed by atoms with Crippen LogP contribution in [0.25, 0.3) is 10.9 Å². The molecule has 3 aromatic rings. The number of aromatic nitrogens is 1. The summed E-state index contributed by atoms with van der Waals surface area (Å²) in [5, 5.41) is 1.10. The van der Waals surface area contributed by atoms with Crippen LogP contribution >= 0.6 is 22.7 Å². The summed E-state index contributed by atoms with van der Waals surface area (Å²) in [6.45, 7) is 0. The van der Waals surface area contributed by atoms with E-state index in [0.29, 0.717) is 11.3 Å². The second-order valence-corrected chi connectivity index (χ2v) is 6.94. The number of alkyl halides is 3. The van der Waals surface area contributed by atoms with E-state index in [2.05, 4.69) is 14.5 Å². The third kappa shape index (κ3) is 3.60. The van der Waals surface area contributed by atoms with Crippen molar-refractivity contribution in [3.8, 4) is 10.8 Å². The van der Waals surface area contributed by atoms with Crippen LogP contribution < -0.4 is 4.74 Å². The molecule has 27 heavy (non-hydrogen) atoms. The number of ether oxygens (including phenoxy) is 3. The van der Waals surface area contributed by atoms with Crippen molar-refractivity contribution in [3.63, 3.8) is 0 Å². The van der Waals surface area contributed by atoms with Gasteiger partial charge in [0.1, 0.15) is 10.4 Å². The number of thiophene rings is 2. The number of rotatable bonds is 4. The zero-order valence-corrected chi connectivity index (χ0v) is 15.4. The number of carbonyl (C=O) groups excluding carboxylic acids is 2. The molecule has 0 aliphatic carbocycles. The van der Waals surface area contributed by atoms with Crippen molar-refractivity contribution in [2.75, 3.05) is 14.2 Å². The highest BCUT2D eigenvalue weighted by atomic mass is 32.1. The lowest BCUT2D eigenvalue weighted by atomic mass is 10.2. The first-order valence-corrected chi connectivity index (χ1v) is 8.87. The molecule has 0 saturated carbocycles. The van der Waals surface area contributed by atoms with Gasteiger partial charge in [0.25, 0.3) is 0 Å². The van der Waals surface area contributed by atoms with Crippen molar-refractivity contribution in [2.45, 2.75) is 6.18 Å². The average Bonchev–Trinajstić information content (AvgIpc) is 3.25. The Kier molecular flexibility index (Phi) is 5.07. The highest BCUT2D eigenvalue weighted by molar-refractivity contribution is 7.16. The van der Waals surface area contributed by atoms with Crippen LogP contribution in [0.2, 0.25) is 0 Å². The van der Waals surface area contributed by atoms with Gasteiger partial charge in [-0.15, -0.1) is 11.3 Å². The van der Waals surface area contributed by atoms with Crippen molar-refractivity contribution < 1.29 is 37.0 Å². The minimum absolute atomic E-state index is 0.0579. The molecule has 0 N–H and O–H groups in total. The molecule has 3 heterocycles. The van der Waals surface area contributed by atoms with Crippen molar-refractivity contribution in [1.82, 2.24) is 4.98 Å². The van der Waals surface area contributed by atoms with Crippen LogP contribution in [0.1, 0.15) is 24.9 Å². The molecule has 0 radical (unpaired) electrons. The van der Waals surface area contributed by atoms with Gasteiger partial charge in [-0.2, -0.15) is 13.2 Å². The Morgan fingerprint density at radius 2 is 1.85 bits per heavy atom. The molecule has 0 aromatic carbocycles. The zero-order chi connectivity index (χ0) is 19.8. The van der Waals surface area contributed by atoms with Crippen molar-refractivity contribution in [2.24, 2.45) is 0 Å². The third-order valence-corrected chi connectivity index (χ3v) is 5.39. The molecule has 0 aliphatic rings. The Morgan fingerprint density at radius 1 is 1.15 bits per heavy atom. The van der Waals surface area contributed by atoms with Crippen LogP contribution in [0, 0.1) is 0 Å². The Balaban J connectivity index is 2.13. The Bertz CT molecular complexity index is 1020. The number of esters is 2. The van der Waals surface area contributed by atoms with Gasteiger partial charge in [0.2, 0.25) is 5.06 Å². The quantitative estimate of drug-likeness (QED) is 0.571. The van der Waals surface area contributed by atoms with Gasteiger partial charge < -0.3 is 14.2 Å². The molecular formula is C16H10F3NO5S2. The molecule has 0 bridgehead atoms. The van der Waals surface area contributed by atoms with E-state index in [1.54, 1.807) is 5.38 Å². The standard InChI is InChI=1S/C16H10F3NO5S2/c1-23-13(21)7-5-8-10(20-6-7)15(27-12(8)16(17,18)19)25-9-3-4-26-11(9)14(22)24-2/h3-6H,1-2H3. The molecule has 11 heteroatoms. The summed E-state index contributed by atoms with van der Waals surface area (Å²) in [6, 6.07) is 2.49. The number of hydrogen-bond acceptors (Lipinski definition) is 8. The van der Waals surface area contributed by atoms with Gasteiger partial charge >= 0.3 is 18.1 Å². The van der Waals surface area contributed by atoms with Crippen LogP contribution in [0.15, 0.2) is 23.7 Å². The van der Waals surface area contributed by atoms with Crippen LogP contribution in [0.5, 0.6) is 10.8 Å². The fourth-order valence-corrected chi connectivity index (χ4v) is 3.92. The van der Waals surface area contributed by atoms with Gasteiger partial charge in [-0.1, -0.05) is 11.3 Å². The predicted octanol–water partition coefficient (Wildman–Crippen LogP) is 4.74. The smallest absolute Gasteiger partial charge is 0.426 e. The van der Waals surface area contributed by atoms with E-state index in [4.69, 9.17) is 4.74 Å². The third-order valence-electron chi connectivity index (χ3n) is 3.40. The van der Waals surface area contributed by atoms with E-state index in [9.17, 15) is 22.8 Å². The Morgan fingerprint density at radius 3 is 2.48 bits per heavy atom. The summed E-state index contributed by atoms with van der Waals surface area (Å²) in [5.74, 6) is -1.42. The Labute approximate surface area is 158 Å². The summed E-state index contributed by atoms with van der Waals surface area (Å²) >= 11 is 1.35. The minimum Gasteiger partial charge on any atom is -0.465 e. The van der Waals surface area contributed by atoms with Crippen molar-refractivity contribution in [3.05, 3.63) is 39.0 Å². The lowest BCUT2D eigenvalue weighted by molar-refractivity contribution is -0.133. The van der Waals surface area contributed by atoms with E-state index in [1.807, 2.05) is 0 Å². The highest BCUT2D eigenvalue weighted by Crippen LogP contribution is 2.47. The lowest BCUT2D eigenvalue weighted by Crippen LogP contribution is -2.04. The maximum atomic E-state index is 13.4. The molecule has 0 amide bonds. The summed E-state index contributed by atoms with van der Waals surface area (Å²) in [4.78, 5) is 26.4. The maximum Gasteiger partial charge on any atom is 0.426 e. The fourth-order valence-electron chi connectivity index (χ4n) is 2.23.